The SMILES string of the molecule is CCN(CC)C(=O)COc1ccc(NC(=O)C(F)F)cc1Cl. The number of hydrogen-bond donors (Lipinski definition) is 1. The van der Waals surface area contributed by atoms with Gasteiger partial charge in [0, 0.05) is 18.8 Å². The normalized spacial score (nSPS) is 10.5. The molecule has 2 amide bonds. The first-order valence-corrected chi connectivity index (χ1v) is 7.05. The lowest BCUT2D eigenvalue weighted by molar-refractivity contribution is -0.133. The number of rotatable bonds is 7. The molecule has 0 heterocycles. The molecule has 0 aliphatic heterocycles. The average molecular weight is 335 g/mol. The van der Waals surface area contributed by atoms with Gasteiger partial charge in [0.2, 0.25) is 0 Å². The number of ether oxygens (including phenoxy) is 1. The molecule has 0 unspecified atom stereocenters. The van der Waals surface area contributed by atoms with E-state index in [1.807, 2.05) is 19.2 Å². The van der Waals surface area contributed by atoms with Crippen molar-refractivity contribution in [3.63, 3.8) is 0 Å². The molecule has 0 bridgehead atoms. The molecule has 0 fully saturated rings. The van der Waals surface area contributed by atoms with Crippen LogP contribution in [0.15, 0.2) is 18.2 Å². The molecule has 0 spiro atoms. The molecular weight excluding hydrogens is 318 g/mol. The summed E-state index contributed by atoms with van der Waals surface area (Å²) >= 11 is 5.93. The number of nitrogens with one attached hydrogen (secondary N) is 1. The molecule has 0 aliphatic carbocycles. The third kappa shape index (κ3) is 5.14. The summed E-state index contributed by atoms with van der Waals surface area (Å²) in [5.41, 5.74) is 0.123. The second-order valence-electron chi connectivity index (χ2n) is 4.29. The summed E-state index contributed by atoms with van der Waals surface area (Å²) in [6.07, 6.45) is -3.11. The third-order valence-corrected chi connectivity index (χ3v) is 3.16. The van der Waals surface area contributed by atoms with E-state index >= 15 is 0 Å². The quantitative estimate of drug-likeness (QED) is 0.834. The third-order valence-electron chi connectivity index (χ3n) is 2.86. The van der Waals surface area contributed by atoms with E-state index in [9.17, 15) is 18.4 Å². The van der Waals surface area contributed by atoms with Gasteiger partial charge in [-0.1, -0.05) is 11.6 Å². The van der Waals surface area contributed by atoms with Gasteiger partial charge in [0.1, 0.15) is 5.75 Å². The van der Waals surface area contributed by atoms with Gasteiger partial charge in [-0.25, -0.2) is 0 Å². The zero-order chi connectivity index (χ0) is 16.7. The monoisotopic (exact) mass is 334 g/mol. The van der Waals surface area contributed by atoms with Gasteiger partial charge in [0.25, 0.3) is 11.8 Å². The maximum absolute atomic E-state index is 12.1. The van der Waals surface area contributed by atoms with Crippen LogP contribution in [0, 0.1) is 0 Å². The van der Waals surface area contributed by atoms with Crippen molar-refractivity contribution in [2.24, 2.45) is 0 Å². The van der Waals surface area contributed by atoms with Gasteiger partial charge >= 0.3 is 6.43 Å². The predicted molar refractivity (Wildman–Crippen MR) is 79.5 cm³/mol. The highest BCUT2D eigenvalue weighted by molar-refractivity contribution is 6.32. The molecule has 22 heavy (non-hydrogen) atoms. The Labute approximate surface area is 132 Å². The van der Waals surface area contributed by atoms with Gasteiger partial charge in [-0.15, -0.1) is 0 Å². The van der Waals surface area contributed by atoms with Crippen LogP contribution in [0.3, 0.4) is 0 Å². The highest BCUT2D eigenvalue weighted by Gasteiger charge is 2.16. The van der Waals surface area contributed by atoms with Gasteiger partial charge in [-0.05, 0) is 32.0 Å². The highest BCUT2D eigenvalue weighted by Crippen LogP contribution is 2.27. The molecule has 0 aliphatic rings. The first-order valence-electron chi connectivity index (χ1n) is 6.68. The Hall–Kier alpha value is -1.89. The zero-order valence-electron chi connectivity index (χ0n) is 12.2. The van der Waals surface area contributed by atoms with E-state index in [1.165, 1.54) is 18.2 Å². The first-order chi connectivity index (χ1) is 10.4. The van der Waals surface area contributed by atoms with Crippen LogP contribution in [0.4, 0.5) is 14.5 Å². The lowest BCUT2D eigenvalue weighted by Crippen LogP contribution is -2.34. The summed E-state index contributed by atoms with van der Waals surface area (Å²) in [6, 6.07) is 4.04. The predicted octanol–water partition coefficient (Wildman–Crippen LogP) is 2.79. The fourth-order valence-electron chi connectivity index (χ4n) is 1.70. The lowest BCUT2D eigenvalue weighted by atomic mass is 10.3. The number of carbonyl (C=O) groups is 2. The molecule has 0 radical (unpaired) electrons. The molecule has 0 aromatic heterocycles. The Kier molecular flexibility index (Phi) is 7.04. The Morgan fingerprint density at radius 3 is 2.45 bits per heavy atom. The summed E-state index contributed by atoms with van der Waals surface area (Å²) < 4.78 is 29.6. The van der Waals surface area contributed by atoms with Crippen LogP contribution in [0.2, 0.25) is 5.02 Å². The number of carbonyl (C=O) groups excluding carboxylic acids is 2. The van der Waals surface area contributed by atoms with Crippen molar-refractivity contribution in [1.82, 2.24) is 4.90 Å². The van der Waals surface area contributed by atoms with E-state index in [-0.39, 0.29) is 29.0 Å². The number of halogens is 3. The second-order valence-corrected chi connectivity index (χ2v) is 4.70. The van der Waals surface area contributed by atoms with Crippen molar-refractivity contribution in [3.05, 3.63) is 23.2 Å². The molecular formula is C14H17ClF2N2O3. The van der Waals surface area contributed by atoms with Gasteiger partial charge in [0.05, 0.1) is 5.02 Å². The smallest absolute Gasteiger partial charge is 0.315 e. The zero-order valence-corrected chi connectivity index (χ0v) is 13.0. The van der Waals surface area contributed by atoms with Crippen molar-refractivity contribution in [3.8, 4) is 5.75 Å². The largest absolute Gasteiger partial charge is 0.482 e. The Morgan fingerprint density at radius 2 is 1.95 bits per heavy atom. The minimum atomic E-state index is -3.11. The Balaban J connectivity index is 2.66. The minimum absolute atomic E-state index is 0.111. The number of anilines is 1. The molecule has 5 nitrogen and oxygen atoms in total. The molecule has 8 heteroatoms. The second kappa shape index (κ2) is 8.53. The van der Waals surface area contributed by atoms with Crippen LogP contribution in [0.25, 0.3) is 0 Å². The van der Waals surface area contributed by atoms with Crippen molar-refractivity contribution in [2.45, 2.75) is 20.3 Å². The van der Waals surface area contributed by atoms with E-state index in [4.69, 9.17) is 16.3 Å². The summed E-state index contributed by atoms with van der Waals surface area (Å²) in [6.45, 7) is 4.68. The van der Waals surface area contributed by atoms with Crippen molar-refractivity contribution in [2.75, 3.05) is 25.0 Å². The van der Waals surface area contributed by atoms with Crippen LogP contribution in [-0.4, -0.2) is 42.8 Å². The number of alkyl halides is 2. The van der Waals surface area contributed by atoms with E-state index in [0.717, 1.165) is 0 Å². The van der Waals surface area contributed by atoms with Crippen LogP contribution < -0.4 is 10.1 Å². The average Bonchev–Trinajstić information content (AvgIpc) is 2.47. The van der Waals surface area contributed by atoms with Crippen molar-refractivity contribution >= 4 is 29.1 Å². The Bertz CT molecular complexity index is 537. The molecule has 1 rings (SSSR count). The van der Waals surface area contributed by atoms with Crippen LogP contribution in [-0.2, 0) is 9.59 Å². The Morgan fingerprint density at radius 1 is 1.32 bits per heavy atom. The molecule has 0 atom stereocenters. The molecule has 0 saturated carbocycles. The fourth-order valence-corrected chi connectivity index (χ4v) is 1.93. The standard InChI is InChI=1S/C14H17ClF2N2O3/c1-3-19(4-2)12(20)8-22-11-6-5-9(7-10(11)15)18-14(21)13(16)17/h5-7,13H,3-4,8H2,1-2H3,(H,18,21). The minimum Gasteiger partial charge on any atom is -0.482 e. The van der Waals surface area contributed by atoms with E-state index < -0.39 is 12.3 Å². The van der Waals surface area contributed by atoms with Crippen LogP contribution >= 0.6 is 11.6 Å². The highest BCUT2D eigenvalue weighted by atomic mass is 35.5. The van der Waals surface area contributed by atoms with Gasteiger partial charge in [-0.3, -0.25) is 9.59 Å². The molecule has 1 aromatic carbocycles. The number of hydrogen-bond acceptors (Lipinski definition) is 3. The topological polar surface area (TPSA) is 58.6 Å². The molecule has 122 valence electrons. The van der Waals surface area contributed by atoms with E-state index in [0.29, 0.717) is 13.1 Å². The van der Waals surface area contributed by atoms with Crippen molar-refractivity contribution in [1.29, 1.82) is 0 Å². The summed E-state index contributed by atoms with van der Waals surface area (Å²) in [4.78, 5) is 24.3. The van der Waals surface area contributed by atoms with Crippen LogP contribution in [0.5, 0.6) is 5.75 Å². The number of likely N-dealkylation sites (N-methyl/N-ethyl adjacent to an activating group) is 1. The van der Waals surface area contributed by atoms with Crippen molar-refractivity contribution < 1.29 is 23.1 Å². The van der Waals surface area contributed by atoms with Gasteiger partial charge < -0.3 is 15.0 Å². The summed E-state index contributed by atoms with van der Waals surface area (Å²) in [7, 11) is 0. The molecule has 1 N–H and O–H groups in total. The van der Waals surface area contributed by atoms with E-state index in [1.54, 1.807) is 4.90 Å². The molecule has 1 aromatic rings. The molecule has 0 saturated heterocycles. The lowest BCUT2D eigenvalue weighted by Gasteiger charge is -2.19. The maximum atomic E-state index is 12.1. The summed E-state index contributed by atoms with van der Waals surface area (Å²) in [5, 5.41) is 2.12. The van der Waals surface area contributed by atoms with Gasteiger partial charge in [-0.2, -0.15) is 8.78 Å². The number of nitrogens with zero attached hydrogens (tertiary/aromatic N) is 1. The number of benzene rings is 1. The number of amides is 2. The summed E-state index contributed by atoms with van der Waals surface area (Å²) in [5.74, 6) is -1.37. The fraction of sp³-hybridized carbons (Fsp3) is 0.429. The van der Waals surface area contributed by atoms with Crippen LogP contribution in [0.1, 0.15) is 13.8 Å². The first kappa shape index (κ1) is 18.2. The van der Waals surface area contributed by atoms with E-state index in [2.05, 4.69) is 0 Å². The van der Waals surface area contributed by atoms with Gasteiger partial charge in [0.15, 0.2) is 6.61 Å². The maximum Gasteiger partial charge on any atom is 0.315 e.